The first-order valence-electron chi connectivity index (χ1n) is 6.12. The van der Waals surface area contributed by atoms with Crippen LogP contribution in [-0.2, 0) is 9.84 Å². The highest BCUT2D eigenvalue weighted by Crippen LogP contribution is 2.30. The molecule has 0 radical (unpaired) electrons. The van der Waals surface area contributed by atoms with Crippen molar-refractivity contribution in [2.45, 2.75) is 40.2 Å². The summed E-state index contributed by atoms with van der Waals surface area (Å²) in [7, 11) is -2.76. The molecule has 96 valence electrons. The molecule has 0 N–H and O–H groups in total. The molecule has 0 spiro atoms. The highest BCUT2D eigenvalue weighted by atomic mass is 32.2. The van der Waals surface area contributed by atoms with Crippen LogP contribution in [0.25, 0.3) is 0 Å². The van der Waals surface area contributed by atoms with Crippen LogP contribution >= 0.6 is 0 Å². The third-order valence-electron chi connectivity index (χ3n) is 4.27. The van der Waals surface area contributed by atoms with E-state index in [4.69, 9.17) is 0 Å². The fourth-order valence-electron chi connectivity index (χ4n) is 2.39. The quantitative estimate of drug-likeness (QED) is 0.763. The number of hydrogen-bond acceptors (Lipinski definition) is 3. The summed E-state index contributed by atoms with van der Waals surface area (Å²) in [5.74, 6) is 1.82. The van der Waals surface area contributed by atoms with Gasteiger partial charge in [0.25, 0.3) is 0 Å². The molecule has 0 aromatic rings. The summed E-state index contributed by atoms with van der Waals surface area (Å²) in [6.45, 7) is 12.6. The van der Waals surface area contributed by atoms with Gasteiger partial charge in [0.2, 0.25) is 0 Å². The van der Waals surface area contributed by atoms with E-state index in [2.05, 4.69) is 39.5 Å². The van der Waals surface area contributed by atoms with Crippen LogP contribution in [0.5, 0.6) is 0 Å². The molecule has 0 amide bonds. The summed E-state index contributed by atoms with van der Waals surface area (Å²) in [4.78, 5) is 2.33. The van der Waals surface area contributed by atoms with Crippen LogP contribution in [0, 0.1) is 11.8 Å². The second-order valence-corrected chi connectivity index (χ2v) is 8.13. The van der Waals surface area contributed by atoms with Gasteiger partial charge in [0.15, 0.2) is 9.84 Å². The zero-order valence-electron chi connectivity index (χ0n) is 11.2. The molecule has 1 rings (SSSR count). The molecule has 0 aromatic heterocycles. The van der Waals surface area contributed by atoms with Gasteiger partial charge < -0.3 is 0 Å². The highest BCUT2D eigenvalue weighted by Gasteiger charge is 2.37. The minimum Gasteiger partial charge on any atom is -0.296 e. The molecule has 0 bridgehead atoms. The Hall–Kier alpha value is -0.0900. The van der Waals surface area contributed by atoms with E-state index in [0.717, 1.165) is 0 Å². The van der Waals surface area contributed by atoms with Gasteiger partial charge in [-0.1, -0.05) is 20.8 Å². The normalized spacial score (nSPS) is 24.6. The van der Waals surface area contributed by atoms with Crippen LogP contribution in [-0.4, -0.2) is 43.5 Å². The van der Waals surface area contributed by atoms with Gasteiger partial charge in [0, 0.05) is 18.6 Å². The molecular weight excluding hydrogens is 222 g/mol. The van der Waals surface area contributed by atoms with Crippen LogP contribution in [0.2, 0.25) is 0 Å². The van der Waals surface area contributed by atoms with Gasteiger partial charge in [-0.2, -0.15) is 0 Å². The predicted octanol–water partition coefficient (Wildman–Crippen LogP) is 1.79. The largest absolute Gasteiger partial charge is 0.296 e. The lowest BCUT2D eigenvalue weighted by Crippen LogP contribution is -2.55. The first-order valence-corrected chi connectivity index (χ1v) is 7.94. The van der Waals surface area contributed by atoms with Crippen molar-refractivity contribution in [2.75, 3.05) is 24.6 Å². The Bertz CT molecular complexity index is 319. The first kappa shape index (κ1) is 14.0. The van der Waals surface area contributed by atoms with E-state index in [1.54, 1.807) is 0 Å². The van der Waals surface area contributed by atoms with E-state index in [0.29, 0.717) is 36.4 Å². The van der Waals surface area contributed by atoms with Gasteiger partial charge in [0.1, 0.15) is 0 Å². The van der Waals surface area contributed by atoms with Gasteiger partial charge >= 0.3 is 0 Å². The van der Waals surface area contributed by atoms with Crippen LogP contribution < -0.4 is 0 Å². The topological polar surface area (TPSA) is 37.4 Å². The van der Waals surface area contributed by atoms with E-state index < -0.39 is 9.84 Å². The second-order valence-electron chi connectivity index (χ2n) is 5.83. The highest BCUT2D eigenvalue weighted by molar-refractivity contribution is 7.91. The molecule has 0 saturated carbocycles. The first-order chi connectivity index (χ1) is 7.17. The Labute approximate surface area is 100 Å². The standard InChI is InChI=1S/C12H25NO2S/c1-10(2)11(3)12(4,5)13-6-8-16(14,15)9-7-13/h10-11H,6-9H2,1-5H3. The van der Waals surface area contributed by atoms with E-state index in [-0.39, 0.29) is 5.54 Å². The van der Waals surface area contributed by atoms with Crippen molar-refractivity contribution in [3.05, 3.63) is 0 Å². The Morgan fingerprint density at radius 3 is 1.88 bits per heavy atom. The van der Waals surface area contributed by atoms with Crippen molar-refractivity contribution >= 4 is 9.84 Å². The maximum absolute atomic E-state index is 11.4. The lowest BCUT2D eigenvalue weighted by molar-refractivity contribution is 0.0567. The summed E-state index contributed by atoms with van der Waals surface area (Å²) >= 11 is 0. The minimum absolute atomic E-state index is 0.0874. The molecule has 16 heavy (non-hydrogen) atoms. The summed E-state index contributed by atoms with van der Waals surface area (Å²) in [5, 5.41) is 0. The van der Waals surface area contributed by atoms with Crippen molar-refractivity contribution in [3.63, 3.8) is 0 Å². The summed E-state index contributed by atoms with van der Waals surface area (Å²) in [6, 6.07) is 0. The van der Waals surface area contributed by atoms with E-state index >= 15 is 0 Å². The van der Waals surface area contributed by atoms with Crippen LogP contribution in [0.15, 0.2) is 0 Å². The number of nitrogens with zero attached hydrogens (tertiary/aromatic N) is 1. The Balaban J connectivity index is 2.71. The molecule has 1 atom stereocenters. The molecule has 1 aliphatic heterocycles. The maximum atomic E-state index is 11.4. The average Bonchev–Trinajstić information content (AvgIpc) is 2.15. The van der Waals surface area contributed by atoms with Crippen LogP contribution in [0.3, 0.4) is 0 Å². The van der Waals surface area contributed by atoms with E-state index in [1.807, 2.05) is 0 Å². The third kappa shape index (κ3) is 2.98. The molecule has 1 saturated heterocycles. The van der Waals surface area contributed by atoms with Gasteiger partial charge in [-0.25, -0.2) is 8.42 Å². The second kappa shape index (κ2) is 4.65. The summed E-state index contributed by atoms with van der Waals surface area (Å²) in [5.41, 5.74) is 0.0874. The molecule has 0 aromatic carbocycles. The predicted molar refractivity (Wildman–Crippen MR) is 68.3 cm³/mol. The Kier molecular flexibility index (Phi) is 4.06. The van der Waals surface area contributed by atoms with Gasteiger partial charge in [-0.3, -0.25) is 4.90 Å². The fourth-order valence-corrected chi connectivity index (χ4v) is 3.59. The van der Waals surface area contributed by atoms with E-state index in [9.17, 15) is 8.42 Å². The Morgan fingerprint density at radius 2 is 1.50 bits per heavy atom. The molecule has 1 aliphatic rings. The van der Waals surface area contributed by atoms with Gasteiger partial charge in [-0.15, -0.1) is 0 Å². The zero-order chi connectivity index (χ0) is 12.6. The minimum atomic E-state index is -2.76. The smallest absolute Gasteiger partial charge is 0.152 e. The SMILES string of the molecule is CC(C)C(C)C(C)(C)N1CCS(=O)(=O)CC1. The van der Waals surface area contributed by atoms with Crippen LogP contribution in [0.4, 0.5) is 0 Å². The molecule has 1 unspecified atom stereocenters. The third-order valence-corrected chi connectivity index (χ3v) is 5.88. The molecule has 1 heterocycles. The molecule has 4 heteroatoms. The lowest BCUT2D eigenvalue weighted by atomic mass is 9.79. The lowest BCUT2D eigenvalue weighted by Gasteiger charge is -2.46. The van der Waals surface area contributed by atoms with Gasteiger partial charge in [0.05, 0.1) is 11.5 Å². The van der Waals surface area contributed by atoms with E-state index in [1.165, 1.54) is 0 Å². The number of hydrogen-bond donors (Lipinski definition) is 0. The Morgan fingerprint density at radius 1 is 1.06 bits per heavy atom. The molecule has 1 fully saturated rings. The van der Waals surface area contributed by atoms with Crippen molar-refractivity contribution in [1.82, 2.24) is 4.90 Å². The average molecular weight is 247 g/mol. The number of sulfone groups is 1. The fraction of sp³-hybridized carbons (Fsp3) is 1.00. The zero-order valence-corrected chi connectivity index (χ0v) is 12.0. The number of rotatable bonds is 3. The molecule has 3 nitrogen and oxygen atoms in total. The molecule has 0 aliphatic carbocycles. The van der Waals surface area contributed by atoms with Crippen molar-refractivity contribution in [2.24, 2.45) is 11.8 Å². The summed E-state index contributed by atoms with van der Waals surface area (Å²) < 4.78 is 22.8. The van der Waals surface area contributed by atoms with Crippen molar-refractivity contribution in [1.29, 1.82) is 0 Å². The van der Waals surface area contributed by atoms with Crippen molar-refractivity contribution < 1.29 is 8.42 Å². The van der Waals surface area contributed by atoms with Crippen LogP contribution in [0.1, 0.15) is 34.6 Å². The molecular formula is C12H25NO2S. The maximum Gasteiger partial charge on any atom is 0.152 e. The monoisotopic (exact) mass is 247 g/mol. The summed E-state index contributed by atoms with van der Waals surface area (Å²) in [6.07, 6.45) is 0. The van der Waals surface area contributed by atoms with Gasteiger partial charge in [-0.05, 0) is 25.7 Å². The van der Waals surface area contributed by atoms with Crippen molar-refractivity contribution in [3.8, 4) is 0 Å².